The number of rotatable bonds is 10. The van der Waals surface area contributed by atoms with Gasteiger partial charge in [-0.3, -0.25) is 14.4 Å². The Morgan fingerprint density at radius 3 is 2.00 bits per heavy atom. The number of ketones is 1. The van der Waals surface area contributed by atoms with E-state index in [1.165, 1.54) is 0 Å². The minimum absolute atomic E-state index is 0.141. The summed E-state index contributed by atoms with van der Waals surface area (Å²) < 4.78 is 8.83. The van der Waals surface area contributed by atoms with Crippen LogP contribution in [0.15, 0.2) is 133 Å². The van der Waals surface area contributed by atoms with Crippen molar-refractivity contribution in [3.63, 3.8) is 0 Å². The Kier molecular flexibility index (Phi) is 8.53. The summed E-state index contributed by atoms with van der Waals surface area (Å²) in [5, 5.41) is 17.1. The molecule has 7 rings (SSSR count). The molecule has 0 unspecified atom stereocenters. The van der Waals surface area contributed by atoms with Crippen LogP contribution in [0.2, 0.25) is 0 Å². The van der Waals surface area contributed by atoms with Crippen LogP contribution in [0.5, 0.6) is 5.75 Å². The van der Waals surface area contributed by atoms with Gasteiger partial charge < -0.3 is 4.74 Å². The smallest absolute Gasteiger partial charge is 0.173 e. The number of nitrogens with zero attached hydrogens (tertiary/aromatic N) is 7. The highest BCUT2D eigenvalue weighted by atomic mass is 16.5. The molecule has 1 aliphatic rings. The number of hydrogen-bond donors (Lipinski definition) is 0. The predicted molar refractivity (Wildman–Crippen MR) is 180 cm³/mol. The number of hydrogen-bond acceptors (Lipinski definition) is 7. The van der Waals surface area contributed by atoms with Gasteiger partial charge in [-0.2, -0.15) is 5.10 Å². The molecule has 1 aliphatic heterocycles. The van der Waals surface area contributed by atoms with Crippen LogP contribution in [0.4, 0.5) is 0 Å². The summed E-state index contributed by atoms with van der Waals surface area (Å²) in [4.78, 5) is 15.9. The predicted octanol–water partition coefficient (Wildman–Crippen LogP) is 5.63. The second kappa shape index (κ2) is 13.4. The van der Waals surface area contributed by atoms with E-state index in [-0.39, 0.29) is 5.78 Å². The van der Waals surface area contributed by atoms with E-state index in [1.54, 1.807) is 16.5 Å². The van der Waals surface area contributed by atoms with Gasteiger partial charge in [-0.15, -0.1) is 5.10 Å². The number of carbonyl (C=O) groups excluding carboxylic acids is 1. The molecular weight excluding hydrogens is 586 g/mol. The van der Waals surface area contributed by atoms with Gasteiger partial charge in [0.05, 0.1) is 24.9 Å². The maximum absolute atomic E-state index is 13.4. The summed E-state index contributed by atoms with van der Waals surface area (Å²) >= 11 is 0. The third-order valence-electron chi connectivity index (χ3n) is 8.76. The molecule has 0 N–H and O–H groups in total. The summed E-state index contributed by atoms with van der Waals surface area (Å²) in [6.45, 7) is 2.02. The maximum Gasteiger partial charge on any atom is 0.173 e. The molecule has 0 atom stereocenters. The molecule has 1 fully saturated rings. The third-order valence-corrected chi connectivity index (χ3v) is 8.76. The van der Waals surface area contributed by atoms with Crippen molar-refractivity contribution in [2.75, 3.05) is 20.2 Å². The molecule has 3 heterocycles. The van der Waals surface area contributed by atoms with Crippen molar-refractivity contribution < 1.29 is 9.53 Å². The van der Waals surface area contributed by atoms with E-state index in [2.05, 4.69) is 93.2 Å². The van der Waals surface area contributed by atoms with E-state index in [0.717, 1.165) is 33.6 Å². The number of carbonyl (C=O) groups is 1. The molecule has 9 nitrogen and oxygen atoms in total. The molecule has 9 heteroatoms. The second-order valence-corrected chi connectivity index (χ2v) is 11.6. The van der Waals surface area contributed by atoms with Gasteiger partial charge in [0.2, 0.25) is 0 Å². The fourth-order valence-corrected chi connectivity index (χ4v) is 6.50. The number of likely N-dealkylation sites (tertiary alicyclic amines) is 1. The van der Waals surface area contributed by atoms with Crippen LogP contribution in [0.25, 0.3) is 6.08 Å². The number of Topliss-reactive ketones (excluding diaryl/α,β-unsaturated/α-hetero) is 1. The molecule has 0 bridgehead atoms. The van der Waals surface area contributed by atoms with Crippen LogP contribution in [-0.2, 0) is 23.4 Å². The number of methoxy groups -OCH3 is 1. The zero-order valence-corrected chi connectivity index (χ0v) is 26.2. The Balaban J connectivity index is 1.18. The van der Waals surface area contributed by atoms with Crippen LogP contribution in [0.1, 0.15) is 40.2 Å². The molecule has 0 spiro atoms. The van der Waals surface area contributed by atoms with Crippen molar-refractivity contribution in [2.24, 2.45) is 0 Å². The van der Waals surface area contributed by atoms with Gasteiger partial charge in [0, 0.05) is 31.3 Å². The van der Waals surface area contributed by atoms with Crippen molar-refractivity contribution in [3.8, 4) is 5.75 Å². The number of piperidine rings is 1. The minimum Gasteiger partial charge on any atom is -0.497 e. The second-order valence-electron chi connectivity index (χ2n) is 11.6. The van der Waals surface area contributed by atoms with E-state index < -0.39 is 5.54 Å². The Labute approximate surface area is 273 Å². The molecule has 0 amide bonds. The first-order chi connectivity index (χ1) is 23.1. The monoisotopic (exact) mass is 621 g/mol. The lowest BCUT2D eigenvalue weighted by atomic mass is 9.74. The van der Waals surface area contributed by atoms with Crippen molar-refractivity contribution in [1.29, 1.82) is 0 Å². The van der Waals surface area contributed by atoms with Gasteiger partial charge in [-0.1, -0.05) is 103 Å². The summed E-state index contributed by atoms with van der Waals surface area (Å²) in [5.74, 6) is 1.62. The first-order valence-electron chi connectivity index (χ1n) is 15.7. The normalized spacial score (nSPS) is 14.8. The molecule has 1 saturated heterocycles. The number of tetrazole rings is 1. The lowest BCUT2D eigenvalue weighted by Gasteiger charge is -2.47. The largest absolute Gasteiger partial charge is 0.497 e. The SMILES string of the molecule is COc1ccc(Cn2nnnc2Cn2ccc(/C=C3/CN(C(c4ccccc4)(c4ccccc4)c4ccccc4)CCC3=O)n2)cc1. The highest BCUT2D eigenvalue weighted by Gasteiger charge is 2.44. The number of benzene rings is 4. The average Bonchev–Trinajstić information content (AvgIpc) is 3.77. The van der Waals surface area contributed by atoms with E-state index in [9.17, 15) is 4.79 Å². The van der Waals surface area contributed by atoms with Crippen molar-refractivity contribution in [1.82, 2.24) is 34.9 Å². The molecule has 2 aromatic heterocycles. The first kappa shape index (κ1) is 30.0. The Morgan fingerprint density at radius 2 is 1.40 bits per heavy atom. The molecule has 234 valence electrons. The molecule has 0 aliphatic carbocycles. The zero-order chi connectivity index (χ0) is 32.1. The quantitative estimate of drug-likeness (QED) is 0.145. The standard InChI is InChI=1S/C38H35N7O2/c1-47-35-19-17-29(18-20-35)26-45-37(39-41-42-45)28-44-24-21-34(40-44)25-30-27-43(23-22-36(30)46)38(31-11-5-2-6-12-31,32-13-7-3-8-14-32)33-15-9-4-10-16-33/h2-21,24-25H,22-23,26-28H2,1H3/b30-25-. The van der Waals surface area contributed by atoms with E-state index in [4.69, 9.17) is 9.84 Å². The Bertz CT molecular complexity index is 1870. The molecule has 0 saturated carbocycles. The molecule has 6 aromatic rings. The lowest BCUT2D eigenvalue weighted by molar-refractivity contribution is -0.117. The van der Waals surface area contributed by atoms with Gasteiger partial charge in [0.1, 0.15) is 12.3 Å². The van der Waals surface area contributed by atoms with Gasteiger partial charge in [-0.25, -0.2) is 4.68 Å². The zero-order valence-electron chi connectivity index (χ0n) is 26.2. The Morgan fingerprint density at radius 1 is 0.787 bits per heavy atom. The topological polar surface area (TPSA) is 91.0 Å². The van der Waals surface area contributed by atoms with Crippen LogP contribution in [0.3, 0.4) is 0 Å². The fraction of sp³-hybridized carbons (Fsp3) is 0.184. The first-order valence-corrected chi connectivity index (χ1v) is 15.7. The average molecular weight is 622 g/mol. The van der Waals surface area contributed by atoms with Crippen LogP contribution >= 0.6 is 0 Å². The summed E-state index contributed by atoms with van der Waals surface area (Å²) in [5.41, 5.74) is 5.38. The summed E-state index contributed by atoms with van der Waals surface area (Å²) in [7, 11) is 1.65. The number of ether oxygens (including phenoxy) is 1. The van der Waals surface area contributed by atoms with E-state index >= 15 is 0 Å². The van der Waals surface area contributed by atoms with Crippen molar-refractivity contribution in [2.45, 2.75) is 25.0 Å². The highest BCUT2D eigenvalue weighted by molar-refractivity contribution is 6.00. The minimum atomic E-state index is -0.593. The molecule has 0 radical (unpaired) electrons. The van der Waals surface area contributed by atoms with Crippen molar-refractivity contribution in [3.05, 3.63) is 167 Å². The summed E-state index contributed by atoms with van der Waals surface area (Å²) in [6, 6.07) is 41.5. The lowest BCUT2D eigenvalue weighted by Crippen LogP contribution is -2.52. The van der Waals surface area contributed by atoms with Crippen LogP contribution in [-0.4, -0.2) is 60.9 Å². The van der Waals surface area contributed by atoms with Gasteiger partial charge in [-0.05, 0) is 57.0 Å². The molecular formula is C38H35N7O2. The summed E-state index contributed by atoms with van der Waals surface area (Å²) in [6.07, 6.45) is 4.24. The van der Waals surface area contributed by atoms with E-state index in [1.807, 2.05) is 60.8 Å². The number of aromatic nitrogens is 6. The third kappa shape index (κ3) is 6.13. The highest BCUT2D eigenvalue weighted by Crippen LogP contribution is 2.44. The van der Waals surface area contributed by atoms with Gasteiger partial charge in [0.25, 0.3) is 0 Å². The van der Waals surface area contributed by atoms with Crippen molar-refractivity contribution >= 4 is 11.9 Å². The molecule has 47 heavy (non-hydrogen) atoms. The Hall–Kier alpha value is -5.67. The van der Waals surface area contributed by atoms with Crippen LogP contribution < -0.4 is 4.74 Å². The van der Waals surface area contributed by atoms with Gasteiger partial charge in [0.15, 0.2) is 11.6 Å². The van der Waals surface area contributed by atoms with Crippen LogP contribution in [0, 0.1) is 0 Å². The van der Waals surface area contributed by atoms with E-state index in [0.29, 0.717) is 44.1 Å². The maximum atomic E-state index is 13.4. The molecule has 4 aromatic carbocycles. The van der Waals surface area contributed by atoms with Gasteiger partial charge >= 0.3 is 0 Å². The fourth-order valence-electron chi connectivity index (χ4n) is 6.50.